The number of nitrogens with one attached hydrogen (secondary N) is 1. The Balaban J connectivity index is 1.90. The Morgan fingerprint density at radius 3 is 3.19 bits per heavy atom. The van der Waals surface area contributed by atoms with Crippen LogP contribution < -0.4 is 5.32 Å². The van der Waals surface area contributed by atoms with Gasteiger partial charge in [0.05, 0.1) is 0 Å². The molecule has 88 valence electrons. The first-order valence-electron chi connectivity index (χ1n) is 6.15. The predicted molar refractivity (Wildman–Crippen MR) is 66.3 cm³/mol. The lowest BCUT2D eigenvalue weighted by Crippen LogP contribution is -2.32. The summed E-state index contributed by atoms with van der Waals surface area (Å²) in [7, 11) is 0. The number of likely N-dealkylation sites (N-methyl/N-ethyl adjacent to an activating group) is 1. The van der Waals surface area contributed by atoms with Crippen LogP contribution in [0.5, 0.6) is 0 Å². The summed E-state index contributed by atoms with van der Waals surface area (Å²) in [5.41, 5.74) is 2.71. The van der Waals surface area contributed by atoms with Gasteiger partial charge in [0.25, 0.3) is 0 Å². The van der Waals surface area contributed by atoms with Gasteiger partial charge in [0.1, 0.15) is 0 Å². The molecular formula is C13H21N3. The molecule has 1 aliphatic heterocycles. The van der Waals surface area contributed by atoms with Crippen molar-refractivity contribution in [2.75, 3.05) is 19.6 Å². The molecule has 1 fully saturated rings. The summed E-state index contributed by atoms with van der Waals surface area (Å²) >= 11 is 0. The molecule has 16 heavy (non-hydrogen) atoms. The smallest absolute Gasteiger partial charge is 0.0315 e. The summed E-state index contributed by atoms with van der Waals surface area (Å²) in [6, 6.07) is 2.77. The number of likely N-dealkylation sites (tertiary alicyclic amines) is 1. The molecule has 2 heterocycles. The molecule has 2 rings (SSSR count). The second-order valence-corrected chi connectivity index (χ2v) is 4.58. The Kier molecular flexibility index (Phi) is 3.91. The highest BCUT2D eigenvalue weighted by Gasteiger charge is 2.21. The summed E-state index contributed by atoms with van der Waals surface area (Å²) in [4.78, 5) is 6.71. The van der Waals surface area contributed by atoms with E-state index >= 15 is 0 Å². The quantitative estimate of drug-likeness (QED) is 0.833. The van der Waals surface area contributed by atoms with E-state index in [0.717, 1.165) is 13.1 Å². The van der Waals surface area contributed by atoms with Gasteiger partial charge in [-0.1, -0.05) is 6.92 Å². The molecule has 3 nitrogen and oxygen atoms in total. The molecule has 1 aromatic heterocycles. The van der Waals surface area contributed by atoms with Gasteiger partial charge in [0.2, 0.25) is 0 Å². The van der Waals surface area contributed by atoms with Crippen LogP contribution in [0.1, 0.15) is 24.5 Å². The highest BCUT2D eigenvalue weighted by Crippen LogP contribution is 2.15. The van der Waals surface area contributed by atoms with E-state index in [2.05, 4.69) is 35.1 Å². The Hall–Kier alpha value is -0.930. The predicted octanol–water partition coefficient (Wildman–Crippen LogP) is 1.57. The van der Waals surface area contributed by atoms with Crippen molar-refractivity contribution in [3.05, 3.63) is 29.6 Å². The fourth-order valence-corrected chi connectivity index (χ4v) is 2.33. The van der Waals surface area contributed by atoms with Crippen LogP contribution in [-0.4, -0.2) is 35.6 Å². The zero-order valence-electron chi connectivity index (χ0n) is 10.2. The van der Waals surface area contributed by atoms with Crippen LogP contribution in [0.25, 0.3) is 0 Å². The van der Waals surface area contributed by atoms with Gasteiger partial charge in [0.15, 0.2) is 0 Å². The number of aromatic nitrogens is 1. The first-order chi connectivity index (χ1) is 7.79. The molecule has 0 amide bonds. The Morgan fingerprint density at radius 2 is 2.44 bits per heavy atom. The van der Waals surface area contributed by atoms with Gasteiger partial charge >= 0.3 is 0 Å². The van der Waals surface area contributed by atoms with Crippen molar-refractivity contribution in [3.63, 3.8) is 0 Å². The molecule has 0 saturated carbocycles. The minimum absolute atomic E-state index is 0.682. The molecule has 0 bridgehead atoms. The summed E-state index contributed by atoms with van der Waals surface area (Å²) in [6.45, 7) is 8.82. The first-order valence-corrected chi connectivity index (χ1v) is 6.15. The fourth-order valence-electron chi connectivity index (χ4n) is 2.33. The van der Waals surface area contributed by atoms with Crippen LogP contribution in [0.15, 0.2) is 18.5 Å². The standard InChI is InChI=1S/C13H21N3/c1-3-15-13-5-7-16(10-13)9-12-8-14-6-4-11(12)2/h4,6,8,13,15H,3,5,7,9-10H2,1-2H3. The van der Waals surface area contributed by atoms with Crippen molar-refractivity contribution in [1.82, 2.24) is 15.2 Å². The van der Waals surface area contributed by atoms with Gasteiger partial charge in [-0.3, -0.25) is 9.88 Å². The monoisotopic (exact) mass is 219 g/mol. The zero-order chi connectivity index (χ0) is 11.4. The molecule has 1 saturated heterocycles. The van der Waals surface area contributed by atoms with Crippen molar-refractivity contribution in [3.8, 4) is 0 Å². The normalized spacial score (nSPS) is 21.5. The molecule has 1 unspecified atom stereocenters. The fraction of sp³-hybridized carbons (Fsp3) is 0.615. The van der Waals surface area contributed by atoms with Crippen molar-refractivity contribution < 1.29 is 0 Å². The van der Waals surface area contributed by atoms with Crippen LogP contribution in [0, 0.1) is 6.92 Å². The number of rotatable bonds is 4. The van der Waals surface area contributed by atoms with Crippen molar-refractivity contribution in [2.45, 2.75) is 32.9 Å². The van der Waals surface area contributed by atoms with Crippen molar-refractivity contribution in [1.29, 1.82) is 0 Å². The lowest BCUT2D eigenvalue weighted by atomic mass is 10.1. The van der Waals surface area contributed by atoms with Crippen LogP contribution in [-0.2, 0) is 6.54 Å². The molecule has 1 atom stereocenters. The number of hydrogen-bond donors (Lipinski definition) is 1. The minimum Gasteiger partial charge on any atom is -0.313 e. The largest absolute Gasteiger partial charge is 0.313 e. The third kappa shape index (κ3) is 2.80. The number of pyridine rings is 1. The molecule has 3 heteroatoms. The van der Waals surface area contributed by atoms with Crippen LogP contribution in [0.2, 0.25) is 0 Å². The van der Waals surface area contributed by atoms with E-state index in [1.54, 1.807) is 0 Å². The Bertz CT molecular complexity index is 338. The maximum absolute atomic E-state index is 4.20. The highest BCUT2D eigenvalue weighted by atomic mass is 15.2. The third-order valence-electron chi connectivity index (χ3n) is 3.31. The second kappa shape index (κ2) is 5.41. The highest BCUT2D eigenvalue weighted by molar-refractivity contribution is 5.21. The van der Waals surface area contributed by atoms with Crippen LogP contribution in [0.4, 0.5) is 0 Å². The molecule has 0 radical (unpaired) electrons. The van der Waals surface area contributed by atoms with E-state index in [4.69, 9.17) is 0 Å². The SMILES string of the molecule is CCNC1CCN(Cc2cnccc2C)C1. The van der Waals surface area contributed by atoms with E-state index in [9.17, 15) is 0 Å². The molecule has 0 aromatic carbocycles. The number of nitrogens with zero attached hydrogens (tertiary/aromatic N) is 2. The van der Waals surface area contributed by atoms with E-state index in [0.29, 0.717) is 6.04 Å². The Labute approximate surface area is 97.9 Å². The lowest BCUT2D eigenvalue weighted by Gasteiger charge is -2.17. The van der Waals surface area contributed by atoms with Gasteiger partial charge < -0.3 is 5.32 Å². The van der Waals surface area contributed by atoms with Gasteiger partial charge in [-0.05, 0) is 37.1 Å². The number of aryl methyl sites for hydroxylation is 1. The maximum atomic E-state index is 4.20. The molecule has 0 spiro atoms. The van der Waals surface area contributed by atoms with Gasteiger partial charge in [0, 0.05) is 38.1 Å². The van der Waals surface area contributed by atoms with Gasteiger partial charge in [-0.15, -0.1) is 0 Å². The van der Waals surface area contributed by atoms with E-state index in [-0.39, 0.29) is 0 Å². The summed E-state index contributed by atoms with van der Waals surface area (Å²) in [5, 5.41) is 3.52. The molecule has 1 aromatic rings. The molecular weight excluding hydrogens is 198 g/mol. The van der Waals surface area contributed by atoms with Crippen molar-refractivity contribution in [2.24, 2.45) is 0 Å². The third-order valence-corrected chi connectivity index (χ3v) is 3.31. The minimum atomic E-state index is 0.682. The summed E-state index contributed by atoms with van der Waals surface area (Å²) in [5.74, 6) is 0. The maximum Gasteiger partial charge on any atom is 0.0315 e. The van der Waals surface area contributed by atoms with Crippen LogP contribution in [0.3, 0.4) is 0 Å². The molecule has 0 aliphatic carbocycles. The molecule has 1 aliphatic rings. The van der Waals surface area contributed by atoms with Crippen molar-refractivity contribution >= 4 is 0 Å². The average Bonchev–Trinajstić information content (AvgIpc) is 2.70. The first kappa shape index (κ1) is 11.6. The molecule has 1 N–H and O–H groups in total. The van der Waals surface area contributed by atoms with E-state index < -0.39 is 0 Å². The Morgan fingerprint density at radius 1 is 1.56 bits per heavy atom. The van der Waals surface area contributed by atoms with E-state index in [1.165, 1.54) is 30.6 Å². The summed E-state index contributed by atoms with van der Waals surface area (Å²) < 4.78 is 0. The van der Waals surface area contributed by atoms with Gasteiger partial charge in [-0.25, -0.2) is 0 Å². The number of hydrogen-bond acceptors (Lipinski definition) is 3. The summed E-state index contributed by atoms with van der Waals surface area (Å²) in [6.07, 6.45) is 5.13. The van der Waals surface area contributed by atoms with E-state index in [1.807, 2.05) is 12.4 Å². The lowest BCUT2D eigenvalue weighted by molar-refractivity contribution is 0.320. The van der Waals surface area contributed by atoms with Crippen LogP contribution >= 0.6 is 0 Å². The van der Waals surface area contributed by atoms with Gasteiger partial charge in [-0.2, -0.15) is 0 Å². The topological polar surface area (TPSA) is 28.2 Å². The zero-order valence-corrected chi connectivity index (χ0v) is 10.2. The second-order valence-electron chi connectivity index (χ2n) is 4.58. The average molecular weight is 219 g/mol.